The maximum Gasteiger partial charge on any atom is 0.229 e. The zero-order valence-electron chi connectivity index (χ0n) is 18.7. The zero-order valence-corrected chi connectivity index (χ0v) is 19.6. The molecule has 172 valence electrons. The number of imidazole rings is 1. The first-order valence-electron chi connectivity index (χ1n) is 10.7. The number of benzene rings is 1. The Kier molecular flexibility index (Phi) is 5.93. The lowest BCUT2D eigenvalue weighted by molar-refractivity contribution is 0.604. The van der Waals surface area contributed by atoms with Crippen LogP contribution in [0.25, 0.3) is 22.6 Å². The van der Waals surface area contributed by atoms with E-state index in [-0.39, 0.29) is 16.7 Å². The van der Waals surface area contributed by atoms with Gasteiger partial charge in [0.15, 0.2) is 5.82 Å². The first kappa shape index (κ1) is 22.9. The van der Waals surface area contributed by atoms with E-state index in [0.717, 1.165) is 24.9 Å². The van der Waals surface area contributed by atoms with Crippen molar-refractivity contribution in [3.8, 4) is 28.7 Å². The summed E-state index contributed by atoms with van der Waals surface area (Å²) in [6.07, 6.45) is 6.17. The predicted molar refractivity (Wildman–Crippen MR) is 123 cm³/mol. The quantitative estimate of drug-likeness (QED) is 0.476. The second-order valence-corrected chi connectivity index (χ2v) is 10.5. The number of nitrogens with one attached hydrogen (secondary N) is 2. The number of aryl methyl sites for hydroxylation is 2. The molecule has 0 radical (unpaired) electrons. The van der Waals surface area contributed by atoms with Gasteiger partial charge in [0, 0.05) is 30.0 Å². The van der Waals surface area contributed by atoms with Gasteiger partial charge in [0.2, 0.25) is 10.0 Å². The van der Waals surface area contributed by atoms with Gasteiger partial charge in [-0.3, -0.25) is 4.72 Å². The summed E-state index contributed by atoms with van der Waals surface area (Å²) in [6, 6.07) is 6.94. The van der Waals surface area contributed by atoms with Crippen molar-refractivity contribution >= 4 is 15.7 Å². The molecule has 0 spiro atoms. The van der Waals surface area contributed by atoms with Crippen molar-refractivity contribution in [3.05, 3.63) is 47.4 Å². The largest absolute Gasteiger partial charge is 0.340 e. The molecule has 0 aliphatic heterocycles. The van der Waals surface area contributed by atoms with Crippen molar-refractivity contribution in [2.45, 2.75) is 51.4 Å². The van der Waals surface area contributed by atoms with E-state index in [0.29, 0.717) is 47.7 Å². The van der Waals surface area contributed by atoms with Gasteiger partial charge in [-0.15, -0.1) is 0 Å². The second kappa shape index (κ2) is 8.56. The molecular formula is C23H25FN6O2S. The van der Waals surface area contributed by atoms with Gasteiger partial charge in [0.1, 0.15) is 17.3 Å². The Morgan fingerprint density at radius 2 is 2.06 bits per heavy atom. The summed E-state index contributed by atoms with van der Waals surface area (Å²) in [5.41, 5.74) is 2.13. The third-order valence-corrected chi connectivity index (χ3v) is 6.28. The SMILES string of the molecule is Cc1cc(NS(C)(=O)=O)c(F)c(-c2nc(C3(C)CC3)[nH]c2-c2ccnc(CCCC#N)n2)c1. The molecule has 1 fully saturated rings. The molecule has 2 heterocycles. The fraction of sp³-hybridized carbons (Fsp3) is 0.391. The van der Waals surface area contributed by atoms with E-state index >= 15 is 4.39 Å². The first-order valence-corrected chi connectivity index (χ1v) is 12.6. The fourth-order valence-corrected chi connectivity index (χ4v) is 4.21. The molecule has 1 saturated carbocycles. The van der Waals surface area contributed by atoms with Gasteiger partial charge in [0.05, 0.1) is 29.4 Å². The van der Waals surface area contributed by atoms with Crippen LogP contribution in [0.1, 0.15) is 49.8 Å². The number of nitrogens with zero attached hydrogens (tertiary/aromatic N) is 4. The monoisotopic (exact) mass is 468 g/mol. The number of unbranched alkanes of at least 4 members (excludes halogenated alkanes) is 1. The second-order valence-electron chi connectivity index (χ2n) is 8.79. The predicted octanol–water partition coefficient (Wildman–Crippen LogP) is 4.25. The fourth-order valence-electron chi connectivity index (χ4n) is 3.66. The average Bonchev–Trinajstić information content (AvgIpc) is 3.33. The van der Waals surface area contributed by atoms with E-state index in [1.165, 1.54) is 6.07 Å². The molecule has 0 amide bonds. The Hall–Kier alpha value is -3.32. The molecule has 8 nitrogen and oxygen atoms in total. The highest BCUT2D eigenvalue weighted by Crippen LogP contribution is 2.48. The maximum absolute atomic E-state index is 15.5. The lowest BCUT2D eigenvalue weighted by Crippen LogP contribution is -2.11. The third kappa shape index (κ3) is 5.03. The average molecular weight is 469 g/mol. The Morgan fingerprint density at radius 3 is 2.73 bits per heavy atom. The van der Waals surface area contributed by atoms with Crippen LogP contribution in [-0.4, -0.2) is 34.6 Å². The highest BCUT2D eigenvalue weighted by Gasteiger charge is 2.43. The van der Waals surface area contributed by atoms with Gasteiger partial charge < -0.3 is 4.98 Å². The summed E-state index contributed by atoms with van der Waals surface area (Å²) in [6.45, 7) is 3.86. The van der Waals surface area contributed by atoms with Gasteiger partial charge in [-0.05, 0) is 49.9 Å². The lowest BCUT2D eigenvalue weighted by atomic mass is 10.0. The number of sulfonamides is 1. The molecule has 33 heavy (non-hydrogen) atoms. The molecular weight excluding hydrogens is 443 g/mol. The molecule has 3 aromatic rings. The summed E-state index contributed by atoms with van der Waals surface area (Å²) in [5.74, 6) is 0.636. The minimum absolute atomic E-state index is 0.107. The van der Waals surface area contributed by atoms with Crippen molar-refractivity contribution < 1.29 is 12.8 Å². The van der Waals surface area contributed by atoms with E-state index < -0.39 is 15.8 Å². The van der Waals surface area contributed by atoms with Crippen LogP contribution < -0.4 is 4.72 Å². The summed E-state index contributed by atoms with van der Waals surface area (Å²) in [5, 5.41) is 8.78. The smallest absolute Gasteiger partial charge is 0.229 e. The van der Waals surface area contributed by atoms with Crippen LogP contribution in [0, 0.1) is 24.1 Å². The highest BCUT2D eigenvalue weighted by atomic mass is 32.2. The van der Waals surface area contributed by atoms with Crippen molar-refractivity contribution in [3.63, 3.8) is 0 Å². The van der Waals surface area contributed by atoms with Gasteiger partial charge in [-0.25, -0.2) is 27.8 Å². The van der Waals surface area contributed by atoms with Crippen LogP contribution in [0.2, 0.25) is 0 Å². The van der Waals surface area contributed by atoms with E-state index in [9.17, 15) is 8.42 Å². The van der Waals surface area contributed by atoms with E-state index in [1.807, 2.05) is 0 Å². The molecule has 2 N–H and O–H groups in total. The molecule has 0 unspecified atom stereocenters. The summed E-state index contributed by atoms with van der Waals surface area (Å²) < 4.78 is 41.3. The zero-order chi connectivity index (χ0) is 23.8. The van der Waals surface area contributed by atoms with Crippen molar-refractivity contribution in [1.82, 2.24) is 19.9 Å². The van der Waals surface area contributed by atoms with Crippen molar-refractivity contribution in [2.24, 2.45) is 0 Å². The highest BCUT2D eigenvalue weighted by molar-refractivity contribution is 7.92. The molecule has 4 rings (SSSR count). The lowest BCUT2D eigenvalue weighted by Gasteiger charge is -2.11. The van der Waals surface area contributed by atoms with Crippen LogP contribution in [0.15, 0.2) is 24.4 Å². The normalized spacial score (nSPS) is 14.6. The molecule has 0 bridgehead atoms. The van der Waals surface area contributed by atoms with Gasteiger partial charge in [0.25, 0.3) is 0 Å². The Morgan fingerprint density at radius 1 is 1.30 bits per heavy atom. The number of aromatic nitrogens is 4. The summed E-state index contributed by atoms with van der Waals surface area (Å²) >= 11 is 0. The molecule has 0 saturated heterocycles. The summed E-state index contributed by atoms with van der Waals surface area (Å²) in [7, 11) is -3.66. The van der Waals surface area contributed by atoms with E-state index in [4.69, 9.17) is 10.2 Å². The Balaban J connectivity index is 1.85. The molecule has 0 atom stereocenters. The first-order chi connectivity index (χ1) is 15.6. The van der Waals surface area contributed by atoms with E-state index in [2.05, 4.69) is 32.7 Å². The van der Waals surface area contributed by atoms with Crippen molar-refractivity contribution in [2.75, 3.05) is 11.0 Å². The Labute approximate surface area is 192 Å². The Bertz CT molecular complexity index is 1360. The molecule has 1 aliphatic rings. The molecule has 1 aromatic carbocycles. The molecule has 1 aliphatic carbocycles. The van der Waals surface area contributed by atoms with Crippen LogP contribution in [0.3, 0.4) is 0 Å². The number of H-pyrrole nitrogens is 1. The standard InChI is InChI=1S/C23H25FN6O2S/c1-14-12-15(19(24)17(13-14)30-33(3,31)32)20-21(29-22(28-20)23(2)8-9-23)16-7-11-26-18(27-16)6-4-5-10-25/h7,11-13,30H,4-6,8-9H2,1-3H3,(H,28,29). The summed E-state index contributed by atoms with van der Waals surface area (Å²) in [4.78, 5) is 17.0. The van der Waals surface area contributed by atoms with Gasteiger partial charge in [-0.2, -0.15) is 5.26 Å². The van der Waals surface area contributed by atoms with Crippen LogP contribution in [0.4, 0.5) is 10.1 Å². The van der Waals surface area contributed by atoms with Crippen LogP contribution >= 0.6 is 0 Å². The maximum atomic E-state index is 15.5. The van der Waals surface area contributed by atoms with Gasteiger partial charge in [-0.1, -0.05) is 6.92 Å². The van der Waals surface area contributed by atoms with Crippen LogP contribution in [0.5, 0.6) is 0 Å². The van der Waals surface area contributed by atoms with Crippen LogP contribution in [-0.2, 0) is 21.9 Å². The number of hydrogen-bond donors (Lipinski definition) is 2. The number of halogens is 1. The number of aromatic amines is 1. The number of rotatable bonds is 8. The third-order valence-electron chi connectivity index (χ3n) is 5.69. The van der Waals surface area contributed by atoms with Crippen molar-refractivity contribution in [1.29, 1.82) is 5.26 Å². The number of hydrogen-bond acceptors (Lipinski definition) is 6. The minimum Gasteiger partial charge on any atom is -0.340 e. The molecule has 2 aromatic heterocycles. The molecule has 10 heteroatoms. The minimum atomic E-state index is -3.66. The topological polar surface area (TPSA) is 124 Å². The number of nitriles is 1. The van der Waals surface area contributed by atoms with Gasteiger partial charge >= 0.3 is 0 Å². The van der Waals surface area contributed by atoms with E-state index in [1.54, 1.807) is 25.3 Å². The number of anilines is 1.